The van der Waals surface area contributed by atoms with Crippen molar-refractivity contribution in [1.82, 2.24) is 24.5 Å². The van der Waals surface area contributed by atoms with E-state index in [1.165, 1.54) is 0 Å². The predicted molar refractivity (Wildman–Crippen MR) is 143 cm³/mol. The molecule has 9 heteroatoms. The highest BCUT2D eigenvalue weighted by Crippen LogP contribution is 2.42. The second kappa shape index (κ2) is 10.4. The zero-order chi connectivity index (χ0) is 26.1. The molecule has 3 unspecified atom stereocenters. The van der Waals surface area contributed by atoms with Gasteiger partial charge in [-0.2, -0.15) is 5.10 Å². The van der Waals surface area contributed by atoms with Crippen molar-refractivity contribution in [3.8, 4) is 28.1 Å². The number of nitrogens with zero attached hydrogens (tertiary/aromatic N) is 5. The smallest absolute Gasteiger partial charge is 0.410 e. The molecule has 1 fully saturated rings. The van der Waals surface area contributed by atoms with Gasteiger partial charge in [-0.1, -0.05) is 24.6 Å². The fraction of sp³-hybridized carbons (Fsp3) is 0.357. The minimum atomic E-state index is -0.262. The van der Waals surface area contributed by atoms with E-state index in [0.717, 1.165) is 46.6 Å². The Bertz CT molecular complexity index is 1420. The Morgan fingerprint density at radius 1 is 1.11 bits per heavy atom. The summed E-state index contributed by atoms with van der Waals surface area (Å²) in [5, 5.41) is 5.62. The summed E-state index contributed by atoms with van der Waals surface area (Å²) >= 11 is 6.34. The number of likely N-dealkylation sites (tertiary alicyclic amines) is 1. The summed E-state index contributed by atoms with van der Waals surface area (Å²) in [5.41, 5.74) is 5.21. The van der Waals surface area contributed by atoms with E-state index in [1.807, 2.05) is 58.9 Å². The summed E-state index contributed by atoms with van der Waals surface area (Å²) in [6, 6.07) is 11.6. The van der Waals surface area contributed by atoms with Crippen LogP contribution in [0.3, 0.4) is 0 Å². The molecule has 192 valence electrons. The maximum absolute atomic E-state index is 12.8. The van der Waals surface area contributed by atoms with Crippen molar-refractivity contribution < 1.29 is 14.3 Å². The Hall–Kier alpha value is -3.65. The molecule has 0 N–H and O–H groups in total. The highest BCUT2D eigenvalue weighted by atomic mass is 35.5. The zero-order valence-corrected chi connectivity index (χ0v) is 22.1. The van der Waals surface area contributed by atoms with E-state index in [-0.39, 0.29) is 24.1 Å². The minimum absolute atomic E-state index is 0.0535. The van der Waals surface area contributed by atoms with Crippen LogP contribution in [0.2, 0.25) is 5.02 Å². The first-order valence-electron chi connectivity index (χ1n) is 12.5. The molecule has 0 radical (unpaired) electrons. The maximum atomic E-state index is 12.8. The van der Waals surface area contributed by atoms with Crippen molar-refractivity contribution in [2.24, 2.45) is 0 Å². The number of pyridine rings is 1. The number of rotatable bonds is 6. The fourth-order valence-corrected chi connectivity index (χ4v) is 5.61. The van der Waals surface area contributed by atoms with E-state index >= 15 is 0 Å². The van der Waals surface area contributed by atoms with Gasteiger partial charge in [0, 0.05) is 42.2 Å². The maximum Gasteiger partial charge on any atom is 0.410 e. The van der Waals surface area contributed by atoms with Gasteiger partial charge in [-0.3, -0.25) is 4.98 Å². The van der Waals surface area contributed by atoms with Gasteiger partial charge in [0.15, 0.2) is 5.65 Å². The second-order valence-electron chi connectivity index (χ2n) is 9.16. The van der Waals surface area contributed by atoms with Crippen LogP contribution in [0.25, 0.3) is 28.0 Å². The molecule has 4 heterocycles. The molecular weight excluding hydrogens is 490 g/mol. The summed E-state index contributed by atoms with van der Waals surface area (Å²) in [6.07, 6.45) is 6.74. The number of hydrogen-bond acceptors (Lipinski definition) is 6. The molecule has 4 aromatic rings. The standard InChI is InChI=1S/C28H30ClN5O3/c1-5-20-16-21(17(3)33(20)28(35)37-6-2)23-11-14-31-27-25(19-7-8-22(29)24(15-19)36-4)26(32-34(23)27)18-9-12-30-13-10-18/h7-15,17,20-21H,5-6,16H2,1-4H3. The first-order valence-corrected chi connectivity index (χ1v) is 12.9. The van der Waals surface area contributed by atoms with Crippen molar-refractivity contribution in [2.75, 3.05) is 13.7 Å². The van der Waals surface area contributed by atoms with Gasteiger partial charge in [0.2, 0.25) is 0 Å². The largest absolute Gasteiger partial charge is 0.495 e. The summed E-state index contributed by atoms with van der Waals surface area (Å²) in [7, 11) is 1.60. The number of amides is 1. The molecule has 0 aliphatic carbocycles. The van der Waals surface area contributed by atoms with Gasteiger partial charge < -0.3 is 14.4 Å². The lowest BCUT2D eigenvalue weighted by Gasteiger charge is -2.28. The Kier molecular flexibility index (Phi) is 7.02. The highest BCUT2D eigenvalue weighted by molar-refractivity contribution is 6.32. The first kappa shape index (κ1) is 25.0. The summed E-state index contributed by atoms with van der Waals surface area (Å²) in [5.74, 6) is 0.647. The molecule has 5 rings (SSSR count). The van der Waals surface area contributed by atoms with E-state index in [9.17, 15) is 4.79 Å². The third-order valence-electron chi connectivity index (χ3n) is 7.21. The normalized spacial score (nSPS) is 19.4. The second-order valence-corrected chi connectivity index (χ2v) is 9.57. The van der Waals surface area contributed by atoms with E-state index in [2.05, 4.69) is 18.8 Å². The molecule has 0 saturated carbocycles. The van der Waals surface area contributed by atoms with Crippen LogP contribution in [0.1, 0.15) is 45.2 Å². The molecule has 37 heavy (non-hydrogen) atoms. The molecule has 1 amide bonds. The fourth-order valence-electron chi connectivity index (χ4n) is 5.41. The number of carbonyl (C=O) groups is 1. The lowest BCUT2D eigenvalue weighted by Crippen LogP contribution is -2.41. The third kappa shape index (κ3) is 4.39. The van der Waals surface area contributed by atoms with Gasteiger partial charge in [0.25, 0.3) is 0 Å². The zero-order valence-electron chi connectivity index (χ0n) is 21.4. The monoisotopic (exact) mass is 519 g/mol. The number of aromatic nitrogens is 4. The summed E-state index contributed by atoms with van der Waals surface area (Å²) < 4.78 is 12.8. The molecule has 1 aliphatic heterocycles. The molecule has 0 spiro atoms. The predicted octanol–water partition coefficient (Wildman–Crippen LogP) is 6.23. The molecule has 3 aromatic heterocycles. The summed E-state index contributed by atoms with van der Waals surface area (Å²) in [6.45, 7) is 6.38. The van der Waals surface area contributed by atoms with Gasteiger partial charge in [-0.25, -0.2) is 14.3 Å². The van der Waals surface area contributed by atoms with Crippen LogP contribution in [0, 0.1) is 0 Å². The molecular formula is C28H30ClN5O3. The number of hydrogen-bond donors (Lipinski definition) is 0. The number of methoxy groups -OCH3 is 1. The van der Waals surface area contributed by atoms with Crippen LogP contribution in [0.4, 0.5) is 4.79 Å². The molecule has 3 atom stereocenters. The minimum Gasteiger partial charge on any atom is -0.495 e. The Morgan fingerprint density at radius 2 is 1.89 bits per heavy atom. The number of ether oxygens (including phenoxy) is 2. The van der Waals surface area contributed by atoms with Gasteiger partial charge in [-0.05, 0) is 62.6 Å². The number of carbonyl (C=O) groups excluding carboxylic acids is 1. The van der Waals surface area contributed by atoms with Gasteiger partial charge in [-0.15, -0.1) is 0 Å². The van der Waals surface area contributed by atoms with Gasteiger partial charge >= 0.3 is 6.09 Å². The number of fused-ring (bicyclic) bond motifs is 1. The van der Waals surface area contributed by atoms with Crippen LogP contribution in [0.5, 0.6) is 5.75 Å². The first-order chi connectivity index (χ1) is 18.0. The van der Waals surface area contributed by atoms with Crippen molar-refractivity contribution in [3.05, 3.63) is 65.7 Å². The number of benzene rings is 1. The van der Waals surface area contributed by atoms with E-state index in [4.69, 9.17) is 31.2 Å². The Labute approximate surface area is 221 Å². The molecule has 8 nitrogen and oxygen atoms in total. The molecule has 1 aliphatic rings. The van der Waals surface area contributed by atoms with Crippen LogP contribution < -0.4 is 4.74 Å². The quantitative estimate of drug-likeness (QED) is 0.300. The van der Waals surface area contributed by atoms with Crippen LogP contribution >= 0.6 is 11.6 Å². The van der Waals surface area contributed by atoms with Crippen molar-refractivity contribution in [2.45, 2.75) is 51.6 Å². The van der Waals surface area contributed by atoms with E-state index in [0.29, 0.717) is 17.4 Å². The molecule has 1 saturated heterocycles. The van der Waals surface area contributed by atoms with Crippen molar-refractivity contribution in [3.63, 3.8) is 0 Å². The highest BCUT2D eigenvalue weighted by Gasteiger charge is 2.43. The lowest BCUT2D eigenvalue weighted by atomic mass is 9.95. The lowest BCUT2D eigenvalue weighted by molar-refractivity contribution is 0.0888. The third-order valence-corrected chi connectivity index (χ3v) is 7.52. The van der Waals surface area contributed by atoms with Gasteiger partial charge in [0.05, 0.1) is 30.0 Å². The van der Waals surface area contributed by atoms with Crippen molar-refractivity contribution in [1.29, 1.82) is 0 Å². The van der Waals surface area contributed by atoms with E-state index in [1.54, 1.807) is 19.5 Å². The SMILES string of the molecule is CCOC(=O)N1C(CC)CC(c2ccnc3c(-c4ccc(Cl)c(OC)c4)c(-c4ccncc4)nn23)C1C. The number of halogens is 1. The molecule has 1 aromatic carbocycles. The average Bonchev–Trinajstić information content (AvgIpc) is 3.47. The van der Waals surface area contributed by atoms with Crippen LogP contribution in [0.15, 0.2) is 55.0 Å². The van der Waals surface area contributed by atoms with Crippen LogP contribution in [-0.2, 0) is 4.74 Å². The molecule has 0 bridgehead atoms. The van der Waals surface area contributed by atoms with E-state index < -0.39 is 0 Å². The van der Waals surface area contributed by atoms with Crippen LogP contribution in [-0.4, -0.2) is 56.4 Å². The topological polar surface area (TPSA) is 81.8 Å². The average molecular weight is 520 g/mol. The Balaban J connectivity index is 1.70. The summed E-state index contributed by atoms with van der Waals surface area (Å²) in [4.78, 5) is 23.7. The Morgan fingerprint density at radius 3 is 2.59 bits per heavy atom. The van der Waals surface area contributed by atoms with Crippen molar-refractivity contribution >= 4 is 23.3 Å². The van der Waals surface area contributed by atoms with Gasteiger partial charge in [0.1, 0.15) is 11.4 Å².